The molecule has 0 aliphatic heterocycles. The Hall–Kier alpha value is -0.930. The fourth-order valence-electron chi connectivity index (χ4n) is 2.12. The van der Waals surface area contributed by atoms with Gasteiger partial charge >= 0.3 is 0 Å². The van der Waals surface area contributed by atoms with E-state index in [4.69, 9.17) is 5.11 Å². The van der Waals surface area contributed by atoms with Crippen LogP contribution in [0, 0.1) is 5.82 Å². The fourth-order valence-corrected chi connectivity index (χ4v) is 2.12. The maximum atomic E-state index is 13.4. The molecule has 0 aliphatic carbocycles. The van der Waals surface area contributed by atoms with Crippen molar-refractivity contribution in [3.05, 3.63) is 35.6 Å². The van der Waals surface area contributed by atoms with Crippen LogP contribution >= 0.6 is 0 Å². The van der Waals surface area contributed by atoms with E-state index in [9.17, 15) is 4.39 Å². The van der Waals surface area contributed by atoms with Gasteiger partial charge in [0.05, 0.1) is 0 Å². The van der Waals surface area contributed by atoms with Crippen molar-refractivity contribution in [3.8, 4) is 0 Å². The first-order chi connectivity index (χ1) is 8.67. The van der Waals surface area contributed by atoms with Crippen molar-refractivity contribution >= 4 is 0 Å². The van der Waals surface area contributed by atoms with Crippen LogP contribution in [0.5, 0.6) is 0 Å². The number of aliphatic hydroxyl groups excluding tert-OH is 1. The molecule has 0 heterocycles. The molecule has 0 aliphatic rings. The van der Waals surface area contributed by atoms with E-state index in [0.29, 0.717) is 12.1 Å². The summed E-state index contributed by atoms with van der Waals surface area (Å²) >= 11 is 0. The lowest BCUT2D eigenvalue weighted by Crippen LogP contribution is -2.37. The van der Waals surface area contributed by atoms with Gasteiger partial charge in [-0.15, -0.1) is 0 Å². The van der Waals surface area contributed by atoms with Gasteiger partial charge in [-0.2, -0.15) is 0 Å². The second kappa shape index (κ2) is 8.22. The topological polar surface area (TPSA) is 32.3 Å². The second-order valence-electron chi connectivity index (χ2n) is 4.82. The number of aryl methyl sites for hydroxylation is 1. The van der Waals surface area contributed by atoms with E-state index in [2.05, 4.69) is 19.2 Å². The molecule has 3 heteroatoms. The Morgan fingerprint density at radius 2 is 2.00 bits per heavy atom. The molecular weight excluding hydrogens is 229 g/mol. The molecule has 102 valence electrons. The SMILES string of the molecule is CCC(CCO)NC(C)CCc1ccccc1F. The summed E-state index contributed by atoms with van der Waals surface area (Å²) < 4.78 is 13.4. The highest BCUT2D eigenvalue weighted by molar-refractivity contribution is 5.17. The van der Waals surface area contributed by atoms with Crippen LogP contribution in [0.1, 0.15) is 38.7 Å². The summed E-state index contributed by atoms with van der Waals surface area (Å²) in [6.45, 7) is 4.43. The molecular formula is C15H24FNO. The molecule has 18 heavy (non-hydrogen) atoms. The van der Waals surface area contributed by atoms with Crippen LogP contribution in [0.15, 0.2) is 24.3 Å². The molecule has 0 radical (unpaired) electrons. The summed E-state index contributed by atoms with van der Waals surface area (Å²) in [7, 11) is 0. The fraction of sp³-hybridized carbons (Fsp3) is 0.600. The largest absolute Gasteiger partial charge is 0.396 e. The van der Waals surface area contributed by atoms with Gasteiger partial charge in [0.25, 0.3) is 0 Å². The molecule has 0 bridgehead atoms. The summed E-state index contributed by atoms with van der Waals surface area (Å²) in [5.41, 5.74) is 0.779. The Morgan fingerprint density at radius 1 is 1.28 bits per heavy atom. The average molecular weight is 253 g/mol. The summed E-state index contributed by atoms with van der Waals surface area (Å²) in [6.07, 6.45) is 3.43. The summed E-state index contributed by atoms with van der Waals surface area (Å²) in [5, 5.41) is 12.4. The van der Waals surface area contributed by atoms with Crippen LogP contribution in [-0.4, -0.2) is 23.8 Å². The van der Waals surface area contributed by atoms with Crippen molar-refractivity contribution in [1.82, 2.24) is 5.32 Å². The molecule has 1 rings (SSSR count). The van der Waals surface area contributed by atoms with E-state index in [0.717, 1.165) is 31.2 Å². The lowest BCUT2D eigenvalue weighted by molar-refractivity contribution is 0.255. The smallest absolute Gasteiger partial charge is 0.126 e. The average Bonchev–Trinajstić information content (AvgIpc) is 2.37. The number of halogens is 1. The maximum absolute atomic E-state index is 13.4. The Morgan fingerprint density at radius 3 is 2.61 bits per heavy atom. The molecule has 2 N–H and O–H groups in total. The third-order valence-electron chi connectivity index (χ3n) is 3.30. The maximum Gasteiger partial charge on any atom is 0.126 e. The lowest BCUT2D eigenvalue weighted by atomic mass is 10.0. The van der Waals surface area contributed by atoms with Crippen LogP contribution in [0.2, 0.25) is 0 Å². The van der Waals surface area contributed by atoms with E-state index < -0.39 is 0 Å². The zero-order valence-corrected chi connectivity index (χ0v) is 11.3. The zero-order chi connectivity index (χ0) is 13.4. The Bertz CT molecular complexity index is 343. The minimum absolute atomic E-state index is 0.118. The van der Waals surface area contributed by atoms with Gasteiger partial charge in [-0.25, -0.2) is 4.39 Å². The van der Waals surface area contributed by atoms with Gasteiger partial charge in [-0.1, -0.05) is 25.1 Å². The Kier molecular flexibility index (Phi) is 6.91. The van der Waals surface area contributed by atoms with Gasteiger partial charge in [0.1, 0.15) is 5.82 Å². The van der Waals surface area contributed by atoms with Crippen LogP contribution in [0.4, 0.5) is 4.39 Å². The molecule has 2 atom stereocenters. The third kappa shape index (κ3) is 5.15. The molecule has 1 aromatic rings. The number of hydrogen-bond acceptors (Lipinski definition) is 2. The number of rotatable bonds is 8. The lowest BCUT2D eigenvalue weighted by Gasteiger charge is -2.21. The molecule has 0 spiro atoms. The van der Waals surface area contributed by atoms with Gasteiger partial charge in [-0.05, 0) is 44.2 Å². The molecule has 1 aromatic carbocycles. The van der Waals surface area contributed by atoms with Crippen molar-refractivity contribution in [2.75, 3.05) is 6.61 Å². The number of hydrogen-bond donors (Lipinski definition) is 2. The highest BCUT2D eigenvalue weighted by atomic mass is 19.1. The van der Waals surface area contributed by atoms with Crippen LogP contribution < -0.4 is 5.32 Å². The van der Waals surface area contributed by atoms with Crippen LogP contribution in [0.3, 0.4) is 0 Å². The van der Waals surface area contributed by atoms with E-state index >= 15 is 0 Å². The zero-order valence-electron chi connectivity index (χ0n) is 11.3. The van der Waals surface area contributed by atoms with Gasteiger partial charge in [0.2, 0.25) is 0 Å². The summed E-state index contributed by atoms with van der Waals surface area (Å²) in [5.74, 6) is -0.118. The van der Waals surface area contributed by atoms with Gasteiger partial charge in [0.15, 0.2) is 0 Å². The third-order valence-corrected chi connectivity index (χ3v) is 3.30. The molecule has 0 saturated heterocycles. The normalized spacial score (nSPS) is 14.4. The highest BCUT2D eigenvalue weighted by Crippen LogP contribution is 2.11. The Balaban J connectivity index is 2.36. The van der Waals surface area contributed by atoms with E-state index in [1.54, 1.807) is 6.07 Å². The standard InChI is InChI=1S/C15H24FNO/c1-3-14(10-11-18)17-12(2)8-9-13-6-4-5-7-15(13)16/h4-7,12,14,17-18H,3,8-11H2,1-2H3. The van der Waals surface area contributed by atoms with Crippen LogP contribution in [-0.2, 0) is 6.42 Å². The van der Waals surface area contributed by atoms with Crippen LogP contribution in [0.25, 0.3) is 0 Å². The number of aliphatic hydroxyl groups is 1. The quantitative estimate of drug-likeness (QED) is 0.746. The summed E-state index contributed by atoms with van der Waals surface area (Å²) in [4.78, 5) is 0. The van der Waals surface area contributed by atoms with E-state index in [1.165, 1.54) is 6.07 Å². The first-order valence-electron chi connectivity index (χ1n) is 6.77. The van der Waals surface area contributed by atoms with Crippen molar-refractivity contribution < 1.29 is 9.50 Å². The van der Waals surface area contributed by atoms with Gasteiger partial charge < -0.3 is 10.4 Å². The minimum atomic E-state index is -0.118. The van der Waals surface area contributed by atoms with Gasteiger partial charge in [-0.3, -0.25) is 0 Å². The predicted molar refractivity (Wildman–Crippen MR) is 73.1 cm³/mol. The monoisotopic (exact) mass is 253 g/mol. The van der Waals surface area contributed by atoms with Crippen molar-refractivity contribution in [1.29, 1.82) is 0 Å². The highest BCUT2D eigenvalue weighted by Gasteiger charge is 2.10. The first kappa shape index (κ1) is 15.1. The molecule has 2 unspecified atom stereocenters. The molecule has 0 fully saturated rings. The van der Waals surface area contributed by atoms with Gasteiger partial charge in [0, 0.05) is 18.7 Å². The Labute approximate surface area is 109 Å². The van der Waals surface area contributed by atoms with E-state index in [1.807, 2.05) is 12.1 Å². The van der Waals surface area contributed by atoms with Crippen molar-refractivity contribution in [2.24, 2.45) is 0 Å². The first-order valence-corrected chi connectivity index (χ1v) is 6.77. The second-order valence-corrected chi connectivity index (χ2v) is 4.82. The predicted octanol–water partition coefficient (Wildman–Crippen LogP) is 2.90. The number of benzene rings is 1. The van der Waals surface area contributed by atoms with Crippen molar-refractivity contribution in [3.63, 3.8) is 0 Å². The van der Waals surface area contributed by atoms with E-state index in [-0.39, 0.29) is 12.4 Å². The molecule has 0 saturated carbocycles. The molecule has 0 amide bonds. The van der Waals surface area contributed by atoms with Crippen molar-refractivity contribution in [2.45, 2.75) is 51.6 Å². The minimum Gasteiger partial charge on any atom is -0.396 e. The molecule has 2 nitrogen and oxygen atoms in total. The summed E-state index contributed by atoms with van der Waals surface area (Å²) in [6, 6.07) is 7.62. The molecule has 0 aromatic heterocycles. The number of nitrogens with one attached hydrogen (secondary N) is 1.